The highest BCUT2D eigenvalue weighted by molar-refractivity contribution is 7.92. The molecule has 5 rings (SSSR count). The maximum absolute atomic E-state index is 14.4. The second-order valence-electron chi connectivity index (χ2n) is 14.1. The molecule has 2 aromatic heterocycles. The molecular weight excluding hydrogens is 627 g/mol. The van der Waals surface area contributed by atoms with E-state index in [1.165, 1.54) is 12.1 Å². The molecule has 0 spiro atoms. The van der Waals surface area contributed by atoms with Crippen LogP contribution in [0.15, 0.2) is 59.8 Å². The second kappa shape index (κ2) is 13.5. The van der Waals surface area contributed by atoms with Crippen LogP contribution in [0.1, 0.15) is 67.4 Å². The van der Waals surface area contributed by atoms with Gasteiger partial charge in [-0.25, -0.2) is 23.1 Å². The summed E-state index contributed by atoms with van der Waals surface area (Å²) < 4.78 is 36.4. The van der Waals surface area contributed by atoms with Crippen LogP contribution in [0.4, 0.5) is 11.8 Å². The molecule has 4 aromatic rings. The van der Waals surface area contributed by atoms with Crippen molar-refractivity contribution in [2.24, 2.45) is 11.3 Å². The highest BCUT2D eigenvalue weighted by Crippen LogP contribution is 2.34. The van der Waals surface area contributed by atoms with Gasteiger partial charge in [-0.15, -0.1) is 0 Å². The summed E-state index contributed by atoms with van der Waals surface area (Å²) in [5.74, 6) is 0.405. The zero-order valence-electron chi connectivity index (χ0n) is 29.2. The highest BCUT2D eigenvalue weighted by Gasteiger charge is 2.31. The standard InChI is InChI=1S/C36H45N7O4S/c1-22(2)29-20-47-33-25(5)32(31-23(3)12-10-13-24(31)4)39-35(40-33)41-48(45,46)28-15-11-14-26(16-28)34(44)43(29)19-27-17-37-18-30(38-27)42(9)21-36(6,7)8/h10-18,22,29H,19-21H2,1-9H3,(H,39,40,41)/t29-/m0/s1. The number of nitrogens with zero attached hydrogens (tertiary/aromatic N) is 6. The van der Waals surface area contributed by atoms with Gasteiger partial charge in [0.2, 0.25) is 11.8 Å². The van der Waals surface area contributed by atoms with Crippen LogP contribution in [0, 0.1) is 32.1 Å². The van der Waals surface area contributed by atoms with Gasteiger partial charge in [-0.2, -0.15) is 4.98 Å². The zero-order valence-corrected chi connectivity index (χ0v) is 30.0. The normalized spacial score (nSPS) is 16.3. The number of aromatic nitrogens is 4. The van der Waals surface area contributed by atoms with Crippen molar-refractivity contribution < 1.29 is 17.9 Å². The molecule has 1 N–H and O–H groups in total. The first kappa shape index (κ1) is 34.7. The van der Waals surface area contributed by atoms with E-state index in [4.69, 9.17) is 9.72 Å². The molecule has 4 bridgehead atoms. The van der Waals surface area contributed by atoms with Crippen molar-refractivity contribution >= 4 is 27.7 Å². The molecule has 11 nitrogen and oxygen atoms in total. The molecule has 0 aliphatic carbocycles. The van der Waals surface area contributed by atoms with E-state index in [0.717, 1.165) is 23.2 Å². The number of anilines is 2. The summed E-state index contributed by atoms with van der Waals surface area (Å²) in [5, 5.41) is 0. The SMILES string of the molecule is Cc1cccc(C)c1-c1nc2nc(c1C)OC[C@@H](C(C)C)N(Cc1cncc(N(C)CC(C)(C)C)n1)C(=O)c1cccc(c1)S(=O)(=O)N2. The lowest BCUT2D eigenvalue weighted by atomic mass is 9.96. The van der Waals surface area contributed by atoms with Crippen molar-refractivity contribution in [2.75, 3.05) is 29.8 Å². The number of amides is 1. The molecule has 1 atom stereocenters. The van der Waals surface area contributed by atoms with Gasteiger partial charge in [-0.05, 0) is 61.4 Å². The van der Waals surface area contributed by atoms with Gasteiger partial charge in [0.1, 0.15) is 12.4 Å². The Bertz CT molecular complexity index is 1920. The maximum Gasteiger partial charge on any atom is 0.264 e. The van der Waals surface area contributed by atoms with E-state index in [2.05, 4.69) is 40.4 Å². The lowest BCUT2D eigenvalue weighted by Gasteiger charge is -2.34. The lowest BCUT2D eigenvalue weighted by molar-refractivity contribution is 0.0500. The fourth-order valence-electron chi connectivity index (χ4n) is 6.02. The fourth-order valence-corrected chi connectivity index (χ4v) is 7.01. The van der Waals surface area contributed by atoms with E-state index < -0.39 is 16.1 Å². The van der Waals surface area contributed by atoms with Gasteiger partial charge in [-0.1, -0.05) is 58.9 Å². The molecule has 12 heteroatoms. The molecule has 2 aromatic carbocycles. The van der Waals surface area contributed by atoms with Crippen molar-refractivity contribution in [1.82, 2.24) is 24.8 Å². The number of aryl methyl sites for hydroxylation is 2. The molecule has 254 valence electrons. The third-order valence-electron chi connectivity index (χ3n) is 8.36. The number of ether oxygens (including phenoxy) is 1. The van der Waals surface area contributed by atoms with E-state index in [-0.39, 0.29) is 52.7 Å². The van der Waals surface area contributed by atoms with E-state index >= 15 is 0 Å². The second-order valence-corrected chi connectivity index (χ2v) is 15.7. The average molecular weight is 672 g/mol. The monoisotopic (exact) mass is 671 g/mol. The Kier molecular flexibility index (Phi) is 9.77. The number of sulfonamides is 1. The Balaban J connectivity index is 1.64. The van der Waals surface area contributed by atoms with Crippen molar-refractivity contribution in [3.05, 3.63) is 82.8 Å². The highest BCUT2D eigenvalue weighted by atomic mass is 32.2. The molecule has 1 aliphatic rings. The number of nitrogens with one attached hydrogen (secondary N) is 1. The number of hydrogen-bond acceptors (Lipinski definition) is 9. The van der Waals surface area contributed by atoms with Crippen LogP contribution < -0.4 is 14.4 Å². The lowest BCUT2D eigenvalue weighted by Crippen LogP contribution is -2.46. The van der Waals surface area contributed by atoms with Crippen LogP contribution in [-0.4, -0.2) is 65.4 Å². The van der Waals surface area contributed by atoms with Crippen LogP contribution in [0.5, 0.6) is 5.88 Å². The van der Waals surface area contributed by atoms with Crippen molar-refractivity contribution in [2.45, 2.75) is 72.9 Å². The maximum atomic E-state index is 14.4. The van der Waals surface area contributed by atoms with Gasteiger partial charge in [-0.3, -0.25) is 9.78 Å². The third kappa shape index (κ3) is 7.59. The van der Waals surface area contributed by atoms with Gasteiger partial charge in [0.05, 0.1) is 41.3 Å². The molecule has 0 unspecified atom stereocenters. The molecular formula is C36H45N7O4S. The minimum atomic E-state index is -4.18. The Morgan fingerprint density at radius 3 is 2.38 bits per heavy atom. The molecule has 1 aliphatic heterocycles. The third-order valence-corrected chi connectivity index (χ3v) is 9.69. The predicted molar refractivity (Wildman–Crippen MR) is 188 cm³/mol. The summed E-state index contributed by atoms with van der Waals surface area (Å²) >= 11 is 0. The van der Waals surface area contributed by atoms with Crippen LogP contribution in [0.2, 0.25) is 0 Å². The summed E-state index contributed by atoms with van der Waals surface area (Å²) in [6, 6.07) is 11.5. The van der Waals surface area contributed by atoms with Gasteiger partial charge >= 0.3 is 0 Å². The minimum Gasteiger partial charge on any atom is -0.475 e. The Labute approximate surface area is 283 Å². The van der Waals surface area contributed by atoms with Gasteiger partial charge in [0.25, 0.3) is 15.9 Å². The topological polar surface area (TPSA) is 131 Å². The number of hydrogen-bond donors (Lipinski definition) is 1. The Hall–Kier alpha value is -4.58. The summed E-state index contributed by atoms with van der Waals surface area (Å²) in [4.78, 5) is 36.6. The van der Waals surface area contributed by atoms with Gasteiger partial charge in [0, 0.05) is 30.3 Å². The summed E-state index contributed by atoms with van der Waals surface area (Å²) in [6.07, 6.45) is 3.37. The average Bonchev–Trinajstić information content (AvgIpc) is 3.01. The first-order valence-electron chi connectivity index (χ1n) is 16.1. The fraction of sp³-hybridized carbons (Fsp3) is 0.417. The van der Waals surface area contributed by atoms with Crippen LogP contribution >= 0.6 is 0 Å². The smallest absolute Gasteiger partial charge is 0.264 e. The molecule has 0 radical (unpaired) electrons. The van der Waals surface area contributed by atoms with Crippen LogP contribution in [0.25, 0.3) is 11.3 Å². The summed E-state index contributed by atoms with van der Waals surface area (Å²) in [6.45, 7) is 17.3. The van der Waals surface area contributed by atoms with E-state index in [0.29, 0.717) is 22.8 Å². The van der Waals surface area contributed by atoms with E-state index in [1.807, 2.05) is 64.8 Å². The molecule has 3 heterocycles. The largest absolute Gasteiger partial charge is 0.475 e. The van der Waals surface area contributed by atoms with Crippen LogP contribution in [-0.2, 0) is 16.6 Å². The van der Waals surface area contributed by atoms with Crippen molar-refractivity contribution in [1.29, 1.82) is 0 Å². The van der Waals surface area contributed by atoms with Crippen LogP contribution in [0.3, 0.4) is 0 Å². The number of rotatable bonds is 6. The van der Waals surface area contributed by atoms with Gasteiger partial charge < -0.3 is 14.5 Å². The van der Waals surface area contributed by atoms with Crippen molar-refractivity contribution in [3.63, 3.8) is 0 Å². The minimum absolute atomic E-state index is 0.0369. The molecule has 0 saturated carbocycles. The van der Waals surface area contributed by atoms with E-state index in [9.17, 15) is 13.2 Å². The van der Waals surface area contributed by atoms with Crippen molar-refractivity contribution in [3.8, 4) is 17.1 Å². The number of carbonyl (C=O) groups excluding carboxylic acids is 1. The molecule has 48 heavy (non-hydrogen) atoms. The Morgan fingerprint density at radius 1 is 1.02 bits per heavy atom. The molecule has 0 fully saturated rings. The number of carbonyl (C=O) groups is 1. The quantitative estimate of drug-likeness (QED) is 0.255. The molecule has 0 saturated heterocycles. The first-order chi connectivity index (χ1) is 22.5. The first-order valence-corrected chi connectivity index (χ1v) is 17.6. The predicted octanol–water partition coefficient (Wildman–Crippen LogP) is 6.20. The molecule has 1 amide bonds. The number of fused-ring (bicyclic) bond motifs is 4. The summed E-state index contributed by atoms with van der Waals surface area (Å²) in [7, 11) is -2.21. The number of benzene rings is 2. The Morgan fingerprint density at radius 2 is 1.71 bits per heavy atom. The van der Waals surface area contributed by atoms with Gasteiger partial charge in [0.15, 0.2) is 0 Å². The summed E-state index contributed by atoms with van der Waals surface area (Å²) in [5.41, 5.74) is 4.92. The van der Waals surface area contributed by atoms with E-state index in [1.54, 1.807) is 29.4 Å². The zero-order chi connectivity index (χ0) is 35.0.